The van der Waals surface area contributed by atoms with Gasteiger partial charge in [0, 0.05) is 59.9 Å². The van der Waals surface area contributed by atoms with Crippen LogP contribution in [0.15, 0.2) is 72.2 Å². The van der Waals surface area contributed by atoms with Gasteiger partial charge in [0.15, 0.2) is 5.78 Å². The number of aromatic nitrogens is 3. The largest absolute Gasteiger partial charge is 0.512 e. The normalized spacial score (nSPS) is 12.5. The average molecular weight is 883 g/mol. The summed E-state index contributed by atoms with van der Waals surface area (Å²) >= 11 is 1.76. The van der Waals surface area contributed by atoms with Crippen molar-refractivity contribution in [1.82, 2.24) is 15.0 Å². The number of carbonyl (C=O) groups is 1. The molecular weight excluding hydrogens is 827 g/mol. The van der Waals surface area contributed by atoms with E-state index in [0.29, 0.717) is 5.92 Å². The van der Waals surface area contributed by atoms with Gasteiger partial charge in [0.05, 0.1) is 16.1 Å². The van der Waals surface area contributed by atoms with Gasteiger partial charge >= 0.3 is 0 Å². The molecule has 1 N–H and O–H groups in total. The molecule has 3 heterocycles. The molecule has 0 aliphatic heterocycles. The van der Waals surface area contributed by atoms with Crippen LogP contribution in [0, 0.1) is 22.8 Å². The van der Waals surface area contributed by atoms with Gasteiger partial charge in [-0.25, -0.2) is 4.98 Å². The molecule has 0 atom stereocenters. The maximum atomic E-state index is 12.2. The second-order valence-corrected chi connectivity index (χ2v) is 16.4. The summed E-state index contributed by atoms with van der Waals surface area (Å²) in [6.45, 7) is 23.3. The summed E-state index contributed by atoms with van der Waals surface area (Å²) in [5.74, 6) is 0.855. The van der Waals surface area contributed by atoms with E-state index >= 15 is 0 Å². The van der Waals surface area contributed by atoms with E-state index in [1.165, 1.54) is 32.8 Å². The Balaban J connectivity index is 0.000000335. The van der Waals surface area contributed by atoms with Crippen LogP contribution in [0.5, 0.6) is 0 Å². The fourth-order valence-corrected chi connectivity index (χ4v) is 6.99. The number of thiophene rings is 1. The van der Waals surface area contributed by atoms with E-state index < -0.39 is 0 Å². The number of benzene rings is 2. The van der Waals surface area contributed by atoms with Crippen LogP contribution < -0.4 is 0 Å². The van der Waals surface area contributed by atoms with Crippen LogP contribution >= 0.6 is 11.3 Å². The quantitative estimate of drug-likeness (QED) is 0.0812. The van der Waals surface area contributed by atoms with E-state index in [1.807, 2.05) is 47.7 Å². The Morgan fingerprint density at radius 2 is 1.49 bits per heavy atom. The van der Waals surface area contributed by atoms with E-state index in [-0.39, 0.29) is 47.9 Å². The van der Waals surface area contributed by atoms with Gasteiger partial charge in [-0.3, -0.25) is 14.8 Å². The van der Waals surface area contributed by atoms with Crippen LogP contribution in [0.2, 0.25) is 0 Å². The molecular formula is C44H56IrN3O2S-. The van der Waals surface area contributed by atoms with E-state index in [0.717, 1.165) is 60.0 Å². The molecule has 0 aliphatic carbocycles. The summed E-state index contributed by atoms with van der Waals surface area (Å²) in [5.41, 5.74) is 5.70. The van der Waals surface area contributed by atoms with Crippen LogP contribution in [0.1, 0.15) is 113 Å². The van der Waals surface area contributed by atoms with Crippen molar-refractivity contribution in [3.05, 3.63) is 89.5 Å². The number of rotatable bonds is 11. The van der Waals surface area contributed by atoms with Crippen molar-refractivity contribution >= 4 is 38.0 Å². The molecule has 0 fully saturated rings. The minimum atomic E-state index is -0.337. The first kappa shape index (κ1) is 42.2. The number of allylic oxidation sites excluding steroid dienone is 2. The molecule has 0 bridgehead atoms. The Bertz CT molecular complexity index is 1960. The predicted octanol–water partition coefficient (Wildman–Crippen LogP) is 12.5. The van der Waals surface area contributed by atoms with Crippen LogP contribution in [0.4, 0.5) is 0 Å². The van der Waals surface area contributed by atoms with E-state index in [2.05, 4.69) is 98.5 Å². The Morgan fingerprint density at radius 3 is 2.10 bits per heavy atom. The molecule has 275 valence electrons. The van der Waals surface area contributed by atoms with Gasteiger partial charge in [0.2, 0.25) is 0 Å². The number of hydrogen-bond acceptors (Lipinski definition) is 6. The SMILES string of the molecule is CC(C)Cc1ncc(-c2cc(-c3[c-]c4ccccc4c(C(C)(C)C)c3)ncn2)c2ccsc12.CCC(C)(CC)C(=O)/C=C(\O)C(C)(CC)CC.[Ir]. The molecule has 0 saturated carbocycles. The number of hydrogen-bond donors (Lipinski definition) is 1. The van der Waals surface area contributed by atoms with Gasteiger partial charge in [-0.2, -0.15) is 0 Å². The van der Waals surface area contributed by atoms with Gasteiger partial charge in [-0.1, -0.05) is 105 Å². The minimum absolute atomic E-state index is 0. The smallest absolute Gasteiger partial charge is 0.164 e. The van der Waals surface area contributed by atoms with E-state index in [4.69, 9.17) is 4.98 Å². The molecule has 1 radical (unpaired) electrons. The van der Waals surface area contributed by atoms with E-state index in [9.17, 15) is 9.90 Å². The monoisotopic (exact) mass is 883 g/mol. The maximum Gasteiger partial charge on any atom is 0.164 e. The Hall–Kier alpha value is -3.25. The third-order valence-corrected chi connectivity index (χ3v) is 11.5. The van der Waals surface area contributed by atoms with Crippen molar-refractivity contribution in [2.24, 2.45) is 16.7 Å². The third-order valence-electron chi connectivity index (χ3n) is 10.6. The molecule has 5 nitrogen and oxygen atoms in total. The molecule has 7 heteroatoms. The summed E-state index contributed by atoms with van der Waals surface area (Å²) in [4.78, 5) is 26.3. The standard InChI is InChI=1S/C29H28N3S.C15H28O2.Ir/c1-18(2)12-27-28-22(10-11-33-28)23(16-30-27)26-15-25(31-17-32-26)20-13-19-8-6-7-9-21(19)24(14-20)29(3,4)5;1-7-14(5,8-2)12(16)11-13(17)15(6,9-3)10-4;/h6-11,14-18H,12H2,1-5H3;11,16H,7-10H2,1-6H3;/q-1;;/b;12-11-;. The molecule has 51 heavy (non-hydrogen) atoms. The van der Waals surface area contributed by atoms with Crippen molar-refractivity contribution in [2.75, 3.05) is 0 Å². The first-order valence-electron chi connectivity index (χ1n) is 18.2. The number of carbonyl (C=O) groups excluding carboxylic acids is 1. The summed E-state index contributed by atoms with van der Waals surface area (Å²) in [5, 5.41) is 15.9. The number of nitrogens with zero attached hydrogens (tertiary/aromatic N) is 3. The number of ketones is 1. The zero-order valence-corrected chi connectivity index (χ0v) is 35.6. The van der Waals surface area contributed by atoms with Crippen LogP contribution in [-0.4, -0.2) is 25.8 Å². The maximum absolute atomic E-state index is 12.2. The van der Waals surface area contributed by atoms with Crippen LogP contribution in [0.25, 0.3) is 43.4 Å². The van der Waals surface area contributed by atoms with Gasteiger partial charge in [-0.05, 0) is 60.9 Å². The zero-order chi connectivity index (χ0) is 36.9. The number of aliphatic hydroxyl groups excluding tert-OH is 1. The second-order valence-electron chi connectivity index (χ2n) is 15.5. The Kier molecular flexibility index (Phi) is 14.5. The first-order chi connectivity index (χ1) is 23.6. The molecule has 0 unspecified atom stereocenters. The Labute approximate surface area is 323 Å². The fourth-order valence-electron chi connectivity index (χ4n) is 6.08. The third kappa shape index (κ3) is 9.60. The van der Waals surface area contributed by atoms with Crippen LogP contribution in [0.3, 0.4) is 0 Å². The van der Waals surface area contributed by atoms with Crippen molar-refractivity contribution in [1.29, 1.82) is 0 Å². The second kappa shape index (κ2) is 17.5. The molecule has 0 spiro atoms. The van der Waals surface area contributed by atoms with Gasteiger partial charge in [-0.15, -0.1) is 40.5 Å². The molecule has 3 aromatic heterocycles. The summed E-state index contributed by atoms with van der Waals surface area (Å²) < 4.78 is 1.26. The Morgan fingerprint density at radius 1 is 0.863 bits per heavy atom. The molecule has 5 rings (SSSR count). The molecule has 0 saturated heterocycles. The summed E-state index contributed by atoms with van der Waals surface area (Å²) in [7, 11) is 0. The van der Waals surface area contributed by atoms with Crippen molar-refractivity contribution in [2.45, 2.75) is 114 Å². The number of fused-ring (bicyclic) bond motifs is 2. The van der Waals surface area contributed by atoms with Crippen LogP contribution in [-0.2, 0) is 36.7 Å². The van der Waals surface area contributed by atoms with Gasteiger partial charge in [0.25, 0.3) is 0 Å². The van der Waals surface area contributed by atoms with Gasteiger partial charge in [0.1, 0.15) is 12.1 Å². The van der Waals surface area contributed by atoms with Gasteiger partial charge < -0.3 is 5.11 Å². The fraction of sp³-hybridized carbons (Fsp3) is 0.455. The number of aliphatic hydroxyl groups is 1. The first-order valence-corrected chi connectivity index (χ1v) is 19.1. The molecule has 5 aromatic rings. The summed E-state index contributed by atoms with van der Waals surface area (Å²) in [6.07, 6.45) is 9.37. The average Bonchev–Trinajstić information content (AvgIpc) is 3.61. The predicted molar refractivity (Wildman–Crippen MR) is 213 cm³/mol. The van der Waals surface area contributed by atoms with Crippen molar-refractivity contribution < 1.29 is 30.0 Å². The van der Waals surface area contributed by atoms with Crippen molar-refractivity contribution in [3.63, 3.8) is 0 Å². The molecule has 0 aliphatic rings. The zero-order valence-electron chi connectivity index (χ0n) is 32.4. The summed E-state index contributed by atoms with van der Waals surface area (Å²) in [6, 6.07) is 18.6. The molecule has 2 aromatic carbocycles. The minimum Gasteiger partial charge on any atom is -0.512 e. The van der Waals surface area contributed by atoms with E-state index in [1.54, 1.807) is 17.7 Å². The topological polar surface area (TPSA) is 76.0 Å². The molecule has 0 amide bonds. The number of pyridine rings is 1. The van der Waals surface area contributed by atoms with Crippen molar-refractivity contribution in [3.8, 4) is 22.5 Å².